The Balaban J connectivity index is 1.62. The molecule has 18 heavy (non-hydrogen) atoms. The second-order valence-corrected chi connectivity index (χ2v) is 6.36. The lowest BCUT2D eigenvalue weighted by Gasteiger charge is -2.35. The van der Waals surface area contributed by atoms with E-state index >= 15 is 0 Å². The van der Waals surface area contributed by atoms with E-state index < -0.39 is 0 Å². The minimum Gasteiger partial charge on any atom is -0.390 e. The van der Waals surface area contributed by atoms with Crippen LogP contribution in [0, 0.1) is 5.92 Å². The Kier molecular flexibility index (Phi) is 5.46. The monoisotopic (exact) mass is 254 g/mol. The number of aliphatic hydroxyl groups excluding tert-OH is 1. The van der Waals surface area contributed by atoms with E-state index in [9.17, 15) is 5.11 Å². The van der Waals surface area contributed by atoms with E-state index in [1.165, 1.54) is 44.9 Å². The Morgan fingerprint density at radius 2 is 1.83 bits per heavy atom. The predicted molar refractivity (Wildman–Crippen MR) is 75.7 cm³/mol. The Morgan fingerprint density at radius 3 is 2.39 bits per heavy atom. The molecule has 2 aliphatic carbocycles. The minimum absolute atomic E-state index is 0.209. The first-order chi connectivity index (χ1) is 8.69. The molecule has 2 rings (SSSR count). The van der Waals surface area contributed by atoms with Crippen molar-refractivity contribution in [2.24, 2.45) is 5.92 Å². The zero-order chi connectivity index (χ0) is 13.0. The lowest BCUT2D eigenvalue weighted by molar-refractivity contribution is 0.0833. The molecule has 0 saturated heterocycles. The zero-order valence-corrected chi connectivity index (χ0v) is 12.1. The number of aliphatic hydroxyl groups is 1. The molecule has 0 spiro atoms. The molecule has 0 bridgehead atoms. The highest BCUT2D eigenvalue weighted by Gasteiger charge is 2.25. The Labute approximate surface area is 112 Å². The molecule has 0 heterocycles. The maximum absolute atomic E-state index is 10.0. The van der Waals surface area contributed by atoms with E-state index in [-0.39, 0.29) is 6.10 Å². The van der Waals surface area contributed by atoms with Crippen LogP contribution in [0.15, 0.2) is 0 Å². The molecule has 1 unspecified atom stereocenters. The van der Waals surface area contributed by atoms with E-state index in [0.29, 0.717) is 12.1 Å². The van der Waals surface area contributed by atoms with Crippen LogP contribution in [0.5, 0.6) is 0 Å². The second-order valence-electron chi connectivity index (χ2n) is 6.36. The fourth-order valence-electron chi connectivity index (χ4n) is 3.13. The lowest BCUT2D eigenvalue weighted by Crippen LogP contribution is -2.43. The molecule has 3 nitrogen and oxygen atoms in total. The van der Waals surface area contributed by atoms with Gasteiger partial charge in [-0.25, -0.2) is 0 Å². The third kappa shape index (κ3) is 4.52. The van der Waals surface area contributed by atoms with Crippen LogP contribution in [0.4, 0.5) is 0 Å². The largest absolute Gasteiger partial charge is 0.390 e. The molecular weight excluding hydrogens is 224 g/mol. The first kappa shape index (κ1) is 14.3. The normalized spacial score (nSPS) is 30.7. The summed E-state index contributed by atoms with van der Waals surface area (Å²) in [5.41, 5.74) is 0. The summed E-state index contributed by atoms with van der Waals surface area (Å²) in [7, 11) is 2.18. The fraction of sp³-hybridized carbons (Fsp3) is 1.00. The van der Waals surface area contributed by atoms with Crippen molar-refractivity contribution in [1.29, 1.82) is 0 Å². The summed E-state index contributed by atoms with van der Waals surface area (Å²) < 4.78 is 0. The average Bonchev–Trinajstić information content (AvgIpc) is 3.20. The molecule has 0 aliphatic heterocycles. The first-order valence-corrected chi connectivity index (χ1v) is 7.80. The molecule has 2 N–H and O–H groups in total. The number of nitrogens with one attached hydrogen (secondary N) is 1. The molecular formula is C15H30N2O. The summed E-state index contributed by atoms with van der Waals surface area (Å²) in [5.74, 6) is 0.955. The Morgan fingerprint density at radius 1 is 1.17 bits per heavy atom. The summed E-state index contributed by atoms with van der Waals surface area (Å²) >= 11 is 0. The number of hydrogen-bond donors (Lipinski definition) is 2. The van der Waals surface area contributed by atoms with E-state index in [2.05, 4.69) is 24.2 Å². The average molecular weight is 254 g/mol. The minimum atomic E-state index is -0.209. The fourth-order valence-corrected chi connectivity index (χ4v) is 3.13. The maximum atomic E-state index is 10.0. The predicted octanol–water partition coefficient (Wildman–Crippen LogP) is 2.00. The van der Waals surface area contributed by atoms with Crippen LogP contribution in [-0.2, 0) is 0 Å². The third-order valence-electron chi connectivity index (χ3n) is 4.74. The van der Waals surface area contributed by atoms with Crippen LogP contribution in [0.3, 0.4) is 0 Å². The SMILES string of the molecule is CCC1CCC(N(C)CC(O)CNC2CC2)CC1. The maximum Gasteiger partial charge on any atom is 0.0791 e. The van der Waals surface area contributed by atoms with Gasteiger partial charge >= 0.3 is 0 Å². The second kappa shape index (κ2) is 6.88. The van der Waals surface area contributed by atoms with Gasteiger partial charge in [0.2, 0.25) is 0 Å². The molecule has 0 aromatic rings. The van der Waals surface area contributed by atoms with Crippen molar-refractivity contribution in [3.8, 4) is 0 Å². The molecule has 2 saturated carbocycles. The van der Waals surface area contributed by atoms with Crippen LogP contribution in [0.1, 0.15) is 51.9 Å². The number of likely N-dealkylation sites (N-methyl/N-ethyl adjacent to an activating group) is 1. The molecule has 3 heteroatoms. The van der Waals surface area contributed by atoms with Crippen LogP contribution >= 0.6 is 0 Å². The van der Waals surface area contributed by atoms with Gasteiger partial charge in [0.05, 0.1) is 6.10 Å². The van der Waals surface area contributed by atoms with Gasteiger partial charge in [-0.3, -0.25) is 0 Å². The van der Waals surface area contributed by atoms with E-state index in [1.807, 2.05) is 0 Å². The molecule has 1 atom stereocenters. The highest BCUT2D eigenvalue weighted by atomic mass is 16.3. The van der Waals surface area contributed by atoms with Gasteiger partial charge in [-0.05, 0) is 51.5 Å². The van der Waals surface area contributed by atoms with Gasteiger partial charge in [-0.2, -0.15) is 0 Å². The van der Waals surface area contributed by atoms with Crippen LogP contribution in [0.25, 0.3) is 0 Å². The summed E-state index contributed by atoms with van der Waals surface area (Å²) in [5, 5.41) is 13.4. The molecule has 0 radical (unpaired) electrons. The highest BCUT2D eigenvalue weighted by molar-refractivity contribution is 4.83. The van der Waals surface area contributed by atoms with Gasteiger partial charge in [0.1, 0.15) is 0 Å². The van der Waals surface area contributed by atoms with Gasteiger partial charge in [0, 0.05) is 25.2 Å². The van der Waals surface area contributed by atoms with Crippen molar-refractivity contribution in [2.75, 3.05) is 20.1 Å². The van der Waals surface area contributed by atoms with Gasteiger partial charge in [-0.15, -0.1) is 0 Å². The standard InChI is InChI=1S/C15H30N2O/c1-3-12-4-8-14(9-5-12)17(2)11-15(18)10-16-13-6-7-13/h12-16,18H,3-11H2,1-2H3. The zero-order valence-electron chi connectivity index (χ0n) is 12.1. The first-order valence-electron chi connectivity index (χ1n) is 7.80. The van der Waals surface area contributed by atoms with E-state index in [4.69, 9.17) is 0 Å². The summed E-state index contributed by atoms with van der Waals surface area (Å²) in [4.78, 5) is 2.38. The van der Waals surface area contributed by atoms with Crippen LogP contribution in [0.2, 0.25) is 0 Å². The van der Waals surface area contributed by atoms with E-state index in [1.54, 1.807) is 0 Å². The van der Waals surface area contributed by atoms with Crippen LogP contribution in [-0.4, -0.2) is 48.3 Å². The van der Waals surface area contributed by atoms with Crippen molar-refractivity contribution >= 4 is 0 Å². The van der Waals surface area contributed by atoms with Gasteiger partial charge in [0.15, 0.2) is 0 Å². The Bertz CT molecular complexity index is 235. The summed E-state index contributed by atoms with van der Waals surface area (Å²) in [6.45, 7) is 3.89. The quantitative estimate of drug-likeness (QED) is 0.729. The molecule has 0 amide bonds. The van der Waals surface area contributed by atoms with Crippen molar-refractivity contribution in [2.45, 2.75) is 70.1 Å². The topological polar surface area (TPSA) is 35.5 Å². The van der Waals surface area contributed by atoms with Crippen molar-refractivity contribution < 1.29 is 5.11 Å². The molecule has 0 aromatic heterocycles. The van der Waals surface area contributed by atoms with Crippen molar-refractivity contribution in [1.82, 2.24) is 10.2 Å². The number of nitrogens with zero attached hydrogens (tertiary/aromatic N) is 1. The lowest BCUT2D eigenvalue weighted by atomic mass is 9.84. The molecule has 2 aliphatic rings. The van der Waals surface area contributed by atoms with Crippen molar-refractivity contribution in [3.63, 3.8) is 0 Å². The number of hydrogen-bond acceptors (Lipinski definition) is 3. The smallest absolute Gasteiger partial charge is 0.0791 e. The number of rotatable bonds is 7. The van der Waals surface area contributed by atoms with Gasteiger partial charge in [0.25, 0.3) is 0 Å². The van der Waals surface area contributed by atoms with Crippen LogP contribution < -0.4 is 5.32 Å². The summed E-state index contributed by atoms with van der Waals surface area (Å²) in [6.07, 6.45) is 9.11. The molecule has 2 fully saturated rings. The molecule has 0 aromatic carbocycles. The highest BCUT2D eigenvalue weighted by Crippen LogP contribution is 2.28. The van der Waals surface area contributed by atoms with Gasteiger partial charge < -0.3 is 15.3 Å². The Hall–Kier alpha value is -0.120. The van der Waals surface area contributed by atoms with E-state index in [0.717, 1.165) is 19.0 Å². The third-order valence-corrected chi connectivity index (χ3v) is 4.74. The summed E-state index contributed by atoms with van der Waals surface area (Å²) in [6, 6.07) is 1.40. The molecule has 106 valence electrons. The van der Waals surface area contributed by atoms with Crippen molar-refractivity contribution in [3.05, 3.63) is 0 Å². The van der Waals surface area contributed by atoms with Gasteiger partial charge in [-0.1, -0.05) is 13.3 Å².